The van der Waals surface area contributed by atoms with E-state index < -0.39 is 30.5 Å². The van der Waals surface area contributed by atoms with Gasteiger partial charge in [0.15, 0.2) is 0 Å². The molecule has 0 bridgehead atoms. The number of fused-ring (bicyclic) bond motifs is 1. The van der Waals surface area contributed by atoms with Gasteiger partial charge in [-0.05, 0) is 16.3 Å². The Bertz CT molecular complexity index is 688. The van der Waals surface area contributed by atoms with Crippen LogP contribution in [0.1, 0.15) is 5.56 Å². The standard InChI is InChI=1S/C15H11F7O/c16-13(17,14(18,19)15(20,21)22)12(23)8-10-6-3-5-9-4-1-2-7-11(9)10/h1-7,12,23H,8H2. The third kappa shape index (κ3) is 2.99. The average Bonchev–Trinajstić information content (AvgIpc) is 2.46. The third-order valence-corrected chi connectivity index (χ3v) is 3.49. The molecule has 0 amide bonds. The highest BCUT2D eigenvalue weighted by atomic mass is 19.4. The van der Waals surface area contributed by atoms with Crippen molar-refractivity contribution in [1.82, 2.24) is 0 Å². The molecule has 0 aliphatic heterocycles. The van der Waals surface area contributed by atoms with Crippen LogP contribution in [0.2, 0.25) is 0 Å². The Labute approximate surface area is 126 Å². The molecule has 0 spiro atoms. The molecule has 0 aromatic heterocycles. The highest BCUT2D eigenvalue weighted by Crippen LogP contribution is 2.48. The predicted molar refractivity (Wildman–Crippen MR) is 69.6 cm³/mol. The fourth-order valence-electron chi connectivity index (χ4n) is 2.21. The van der Waals surface area contributed by atoms with E-state index in [9.17, 15) is 35.8 Å². The Kier molecular flexibility index (Phi) is 4.32. The zero-order valence-electron chi connectivity index (χ0n) is 11.4. The van der Waals surface area contributed by atoms with Gasteiger partial charge < -0.3 is 5.11 Å². The largest absolute Gasteiger partial charge is 0.459 e. The summed E-state index contributed by atoms with van der Waals surface area (Å²) in [4.78, 5) is 0. The molecular weight excluding hydrogens is 329 g/mol. The van der Waals surface area contributed by atoms with Crippen LogP contribution in [0, 0.1) is 0 Å². The molecule has 1 N–H and O–H groups in total. The molecule has 8 heteroatoms. The molecule has 0 aliphatic carbocycles. The maximum atomic E-state index is 13.5. The number of benzene rings is 2. The van der Waals surface area contributed by atoms with Gasteiger partial charge in [0.25, 0.3) is 0 Å². The quantitative estimate of drug-likeness (QED) is 0.808. The van der Waals surface area contributed by atoms with E-state index in [1.54, 1.807) is 24.3 Å². The second-order valence-corrected chi connectivity index (χ2v) is 5.05. The number of hydrogen-bond donors (Lipinski definition) is 1. The van der Waals surface area contributed by atoms with E-state index in [-0.39, 0.29) is 5.56 Å². The second kappa shape index (κ2) is 5.67. The lowest BCUT2D eigenvalue weighted by Crippen LogP contribution is -2.58. The van der Waals surface area contributed by atoms with Gasteiger partial charge in [-0.25, -0.2) is 0 Å². The third-order valence-electron chi connectivity index (χ3n) is 3.49. The number of rotatable bonds is 4. The minimum Gasteiger partial charge on any atom is -0.386 e. The highest BCUT2D eigenvalue weighted by molar-refractivity contribution is 5.85. The normalized spacial score (nSPS) is 15.0. The molecule has 1 nitrogen and oxygen atoms in total. The average molecular weight is 340 g/mol. The molecule has 2 rings (SSSR count). The van der Waals surface area contributed by atoms with Gasteiger partial charge in [0.2, 0.25) is 0 Å². The molecule has 0 saturated heterocycles. The Hall–Kier alpha value is -1.83. The summed E-state index contributed by atoms with van der Waals surface area (Å²) in [5.41, 5.74) is 0.0493. The van der Waals surface area contributed by atoms with E-state index in [0.717, 1.165) is 0 Å². The van der Waals surface area contributed by atoms with Gasteiger partial charge >= 0.3 is 18.0 Å². The maximum absolute atomic E-state index is 13.5. The first-order chi connectivity index (χ1) is 10.5. The molecule has 23 heavy (non-hydrogen) atoms. The monoisotopic (exact) mass is 340 g/mol. The zero-order chi connectivity index (χ0) is 17.5. The Morgan fingerprint density at radius 3 is 2.00 bits per heavy atom. The lowest BCUT2D eigenvalue weighted by atomic mass is 9.95. The van der Waals surface area contributed by atoms with Crippen molar-refractivity contribution in [3.63, 3.8) is 0 Å². The van der Waals surface area contributed by atoms with Crippen LogP contribution in [0.5, 0.6) is 0 Å². The lowest BCUT2D eigenvalue weighted by Gasteiger charge is -2.31. The van der Waals surface area contributed by atoms with Crippen LogP contribution in [0.3, 0.4) is 0 Å². The summed E-state index contributed by atoms with van der Waals surface area (Å²) in [5.74, 6) is -12.0. The smallest absolute Gasteiger partial charge is 0.386 e. The van der Waals surface area contributed by atoms with Crippen molar-refractivity contribution in [3.05, 3.63) is 48.0 Å². The van der Waals surface area contributed by atoms with Crippen LogP contribution in [-0.2, 0) is 6.42 Å². The summed E-state index contributed by atoms with van der Waals surface area (Å²) >= 11 is 0. The summed E-state index contributed by atoms with van der Waals surface area (Å²) < 4.78 is 89.2. The van der Waals surface area contributed by atoms with Crippen LogP contribution in [0.4, 0.5) is 30.7 Å². The molecule has 0 radical (unpaired) electrons. The molecule has 1 atom stereocenters. The highest BCUT2D eigenvalue weighted by Gasteiger charge is 2.75. The summed E-state index contributed by atoms with van der Waals surface area (Å²) in [7, 11) is 0. The lowest BCUT2D eigenvalue weighted by molar-refractivity contribution is -0.370. The Morgan fingerprint density at radius 1 is 0.826 bits per heavy atom. The van der Waals surface area contributed by atoms with Gasteiger partial charge in [0.1, 0.15) is 6.10 Å². The molecule has 0 heterocycles. The Balaban J connectivity index is 2.35. The first-order valence-corrected chi connectivity index (χ1v) is 6.45. The fraction of sp³-hybridized carbons (Fsp3) is 0.333. The SMILES string of the molecule is OC(Cc1cccc2ccccc12)C(F)(F)C(F)(F)C(F)(F)F. The van der Waals surface area contributed by atoms with Crippen molar-refractivity contribution in [2.75, 3.05) is 0 Å². The van der Waals surface area contributed by atoms with Crippen molar-refractivity contribution in [2.24, 2.45) is 0 Å². The van der Waals surface area contributed by atoms with Gasteiger partial charge in [-0.3, -0.25) is 0 Å². The Morgan fingerprint density at radius 2 is 1.39 bits per heavy atom. The van der Waals surface area contributed by atoms with E-state index in [1.165, 1.54) is 18.2 Å². The first-order valence-electron chi connectivity index (χ1n) is 6.45. The van der Waals surface area contributed by atoms with Gasteiger partial charge in [-0.15, -0.1) is 0 Å². The molecule has 2 aromatic carbocycles. The van der Waals surface area contributed by atoms with Crippen LogP contribution >= 0.6 is 0 Å². The summed E-state index contributed by atoms with van der Waals surface area (Å²) in [6.07, 6.45) is -10.7. The van der Waals surface area contributed by atoms with Crippen molar-refractivity contribution in [2.45, 2.75) is 30.5 Å². The van der Waals surface area contributed by atoms with E-state index in [4.69, 9.17) is 0 Å². The number of halogens is 7. The van der Waals surface area contributed by atoms with Gasteiger partial charge in [0.05, 0.1) is 0 Å². The van der Waals surface area contributed by atoms with E-state index in [2.05, 4.69) is 0 Å². The van der Waals surface area contributed by atoms with Crippen LogP contribution in [0.15, 0.2) is 42.5 Å². The predicted octanol–water partition coefficient (Wildman–Crippen LogP) is 4.58. The zero-order valence-corrected chi connectivity index (χ0v) is 11.4. The van der Waals surface area contributed by atoms with Crippen molar-refractivity contribution >= 4 is 10.8 Å². The maximum Gasteiger partial charge on any atom is 0.459 e. The second-order valence-electron chi connectivity index (χ2n) is 5.05. The van der Waals surface area contributed by atoms with Gasteiger partial charge in [-0.2, -0.15) is 30.7 Å². The van der Waals surface area contributed by atoms with Gasteiger partial charge in [-0.1, -0.05) is 42.5 Å². The fourth-order valence-corrected chi connectivity index (χ4v) is 2.21. The van der Waals surface area contributed by atoms with Crippen LogP contribution < -0.4 is 0 Å². The van der Waals surface area contributed by atoms with E-state index >= 15 is 0 Å². The first kappa shape index (κ1) is 17.5. The number of alkyl halides is 7. The molecule has 2 aromatic rings. The van der Waals surface area contributed by atoms with E-state index in [1.807, 2.05) is 0 Å². The molecule has 0 saturated carbocycles. The number of hydrogen-bond acceptors (Lipinski definition) is 1. The number of aliphatic hydroxyl groups is 1. The molecular formula is C15H11F7O. The molecule has 0 fully saturated rings. The number of aliphatic hydroxyl groups excluding tert-OH is 1. The van der Waals surface area contributed by atoms with Gasteiger partial charge in [0, 0.05) is 6.42 Å². The van der Waals surface area contributed by atoms with Crippen LogP contribution in [0.25, 0.3) is 10.8 Å². The molecule has 1 unspecified atom stereocenters. The van der Waals surface area contributed by atoms with Crippen molar-refractivity contribution in [3.8, 4) is 0 Å². The molecule has 126 valence electrons. The van der Waals surface area contributed by atoms with Crippen molar-refractivity contribution < 1.29 is 35.8 Å². The molecule has 0 aliphatic rings. The summed E-state index contributed by atoms with van der Waals surface area (Å²) in [6.45, 7) is 0. The summed E-state index contributed by atoms with van der Waals surface area (Å²) in [6, 6.07) is 10.7. The van der Waals surface area contributed by atoms with Crippen LogP contribution in [-0.4, -0.2) is 29.2 Å². The summed E-state index contributed by atoms with van der Waals surface area (Å²) in [5, 5.41) is 10.3. The topological polar surface area (TPSA) is 20.2 Å². The van der Waals surface area contributed by atoms with E-state index in [0.29, 0.717) is 10.8 Å². The minimum atomic E-state index is -6.46. The van der Waals surface area contributed by atoms with Crippen molar-refractivity contribution in [1.29, 1.82) is 0 Å². The minimum absolute atomic E-state index is 0.0493.